The molecule has 0 radical (unpaired) electrons. The van der Waals surface area contributed by atoms with Crippen molar-refractivity contribution in [3.63, 3.8) is 0 Å². The third-order valence-electron chi connectivity index (χ3n) is 10.7. The van der Waals surface area contributed by atoms with E-state index in [1.54, 1.807) is 38.6 Å². The molecule has 5 rings (SSSR count). The predicted octanol–water partition coefficient (Wildman–Crippen LogP) is 6.17. The van der Waals surface area contributed by atoms with Gasteiger partial charge in [-0.25, -0.2) is 0 Å². The molecule has 6 atom stereocenters. The van der Waals surface area contributed by atoms with E-state index in [2.05, 4.69) is 38.8 Å². The van der Waals surface area contributed by atoms with Gasteiger partial charge in [0.2, 0.25) is 11.8 Å². The lowest BCUT2D eigenvalue weighted by Crippen LogP contribution is -2.57. The molecule has 3 aliphatic heterocycles. The number of likely N-dealkylation sites (tertiary alicyclic amines) is 1. The second-order valence-corrected chi connectivity index (χ2v) is 15.0. The molecule has 1 N–H and O–H groups in total. The van der Waals surface area contributed by atoms with E-state index in [0.29, 0.717) is 39.1 Å². The van der Waals surface area contributed by atoms with Crippen molar-refractivity contribution in [1.29, 1.82) is 0 Å². The van der Waals surface area contributed by atoms with E-state index < -0.39 is 22.6 Å². The van der Waals surface area contributed by atoms with Crippen LogP contribution in [0.5, 0.6) is 5.75 Å². The van der Waals surface area contributed by atoms with Gasteiger partial charge in [0.1, 0.15) is 11.8 Å². The molecule has 3 aliphatic rings. The zero-order valence-electron chi connectivity index (χ0n) is 30.1. The lowest BCUT2D eigenvalue weighted by atomic mass is 9.65. The van der Waals surface area contributed by atoms with Gasteiger partial charge in [0.05, 0.1) is 23.2 Å². The zero-order valence-corrected chi connectivity index (χ0v) is 30.9. The Kier molecular flexibility index (Phi) is 12.4. The fraction of sp³-hybridized carbons (Fsp3) is 0.525. The summed E-state index contributed by atoms with van der Waals surface area (Å²) in [5, 5.41) is 9.37. The smallest absolute Gasteiger partial charge is 0.251 e. The normalized spacial score (nSPS) is 24.9. The van der Waals surface area contributed by atoms with Crippen LogP contribution in [0.3, 0.4) is 0 Å². The van der Waals surface area contributed by atoms with Crippen LogP contribution in [-0.4, -0.2) is 89.7 Å². The Morgan fingerprint density at radius 2 is 1.50 bits per heavy atom. The molecule has 2 bridgehead atoms. The number of aliphatic hydroxyl groups excluding tert-OH is 1. The maximum absolute atomic E-state index is 15.1. The molecule has 1 spiro atoms. The molecule has 0 aliphatic carbocycles. The quantitative estimate of drug-likeness (QED) is 0.147. The number of thioether (sulfide) groups is 1. The van der Waals surface area contributed by atoms with Crippen LogP contribution in [-0.2, 0) is 14.4 Å². The van der Waals surface area contributed by atoms with Crippen LogP contribution in [0.25, 0.3) is 0 Å². The fourth-order valence-electron chi connectivity index (χ4n) is 8.44. The number of ether oxygens (including phenoxy) is 1. The minimum absolute atomic E-state index is 0.0424. The first-order valence-corrected chi connectivity index (χ1v) is 19.1. The van der Waals surface area contributed by atoms with E-state index in [-0.39, 0.29) is 35.5 Å². The highest BCUT2D eigenvalue weighted by atomic mass is 32.2. The van der Waals surface area contributed by atoms with Crippen LogP contribution in [0.4, 0.5) is 17.1 Å². The Balaban J connectivity index is 1.54. The van der Waals surface area contributed by atoms with E-state index in [0.717, 1.165) is 48.7 Å². The number of hydrogen-bond donors (Lipinski definition) is 1. The molecule has 10 heteroatoms. The molecule has 3 fully saturated rings. The molecular weight excluding hydrogens is 649 g/mol. The molecule has 3 amide bonds. The Morgan fingerprint density at radius 3 is 2.06 bits per heavy atom. The third-order valence-corrected chi connectivity index (χ3v) is 12.8. The first-order chi connectivity index (χ1) is 24.2. The summed E-state index contributed by atoms with van der Waals surface area (Å²) in [4.78, 5) is 52.2. The van der Waals surface area contributed by atoms with Crippen molar-refractivity contribution in [1.82, 2.24) is 4.90 Å². The van der Waals surface area contributed by atoms with Crippen molar-refractivity contribution in [3.05, 3.63) is 73.8 Å². The van der Waals surface area contributed by atoms with E-state index in [9.17, 15) is 14.7 Å². The summed E-state index contributed by atoms with van der Waals surface area (Å²) in [5.41, 5.74) is 2.56. The van der Waals surface area contributed by atoms with Crippen LogP contribution in [0.1, 0.15) is 53.4 Å². The monoisotopic (exact) mass is 702 g/mol. The second-order valence-electron chi connectivity index (χ2n) is 13.5. The van der Waals surface area contributed by atoms with Gasteiger partial charge in [0.15, 0.2) is 0 Å². The Bertz CT molecular complexity index is 1510. The second kappa shape index (κ2) is 16.5. The first kappa shape index (κ1) is 37.5. The molecule has 3 saturated heterocycles. The van der Waals surface area contributed by atoms with E-state index >= 15 is 4.79 Å². The SMILES string of the molecule is C=CCN(C(=O)C1N(CCCCCO)C(=O)[C@@H]2[C@H](C(=O)N(CC=C)c3ccc(OCC)cc3)[C@@H]3CC(C)C12S3)c1ccc(N(CC)CC)cc1. The highest BCUT2D eigenvalue weighted by Gasteiger charge is 2.76. The number of carbonyl (C=O) groups excluding carboxylic acids is 3. The lowest BCUT2D eigenvalue weighted by Gasteiger charge is -2.41. The fourth-order valence-corrected chi connectivity index (χ4v) is 10.9. The number of nitrogens with zero attached hydrogens (tertiary/aromatic N) is 4. The molecule has 3 heterocycles. The number of rotatable bonds is 18. The van der Waals surface area contributed by atoms with Gasteiger partial charge in [-0.1, -0.05) is 19.1 Å². The number of hydrogen-bond acceptors (Lipinski definition) is 7. The number of anilines is 3. The molecule has 50 heavy (non-hydrogen) atoms. The van der Waals surface area contributed by atoms with Crippen molar-refractivity contribution >= 4 is 46.5 Å². The standard InChI is InChI=1S/C40H54N4O5S/c1-7-23-42(31-19-21-32(22-20-31)49-11-5)37(46)34-33-27-28(6)40(50-33)35(34)38(47)44(25-13-12-14-26-45)36(40)39(48)43(24-8-2)30-17-15-29(16-18-30)41(9-3)10-4/h7-8,15-22,28,33-36,45H,1-2,9-14,23-27H2,3-6H3/t28?,33-,34+,35-,36?,40?/m0/s1. The van der Waals surface area contributed by atoms with E-state index in [1.807, 2.05) is 55.5 Å². The summed E-state index contributed by atoms with van der Waals surface area (Å²) >= 11 is 1.69. The maximum atomic E-state index is 15.1. The Labute approximate surface area is 302 Å². The highest BCUT2D eigenvalue weighted by molar-refractivity contribution is 8.02. The van der Waals surface area contributed by atoms with Crippen molar-refractivity contribution < 1.29 is 24.2 Å². The molecule has 9 nitrogen and oxygen atoms in total. The summed E-state index contributed by atoms with van der Waals surface area (Å²) in [6.45, 7) is 19.6. The maximum Gasteiger partial charge on any atom is 0.251 e. The lowest BCUT2D eigenvalue weighted by molar-refractivity contribution is -0.139. The third kappa shape index (κ3) is 6.81. The minimum Gasteiger partial charge on any atom is -0.494 e. The molecule has 270 valence electrons. The van der Waals surface area contributed by atoms with Crippen LogP contribution >= 0.6 is 11.8 Å². The summed E-state index contributed by atoms with van der Waals surface area (Å²) in [6, 6.07) is 14.8. The summed E-state index contributed by atoms with van der Waals surface area (Å²) in [6.07, 6.45) is 6.21. The predicted molar refractivity (Wildman–Crippen MR) is 204 cm³/mol. The van der Waals surface area contributed by atoms with Crippen molar-refractivity contribution in [2.75, 3.05) is 60.6 Å². The van der Waals surface area contributed by atoms with Crippen molar-refractivity contribution in [2.24, 2.45) is 17.8 Å². The minimum atomic E-state index is -0.755. The van der Waals surface area contributed by atoms with Gasteiger partial charge in [-0.2, -0.15) is 0 Å². The summed E-state index contributed by atoms with van der Waals surface area (Å²) in [7, 11) is 0. The van der Waals surface area contributed by atoms with E-state index in [4.69, 9.17) is 4.74 Å². The number of aliphatic hydroxyl groups is 1. The van der Waals surface area contributed by atoms with Crippen molar-refractivity contribution in [3.8, 4) is 5.75 Å². The van der Waals surface area contributed by atoms with Crippen LogP contribution in [0, 0.1) is 17.8 Å². The van der Waals surface area contributed by atoms with Gasteiger partial charge in [0.25, 0.3) is 5.91 Å². The Morgan fingerprint density at radius 1 is 0.920 bits per heavy atom. The Hall–Kier alpha value is -3.76. The molecule has 2 aromatic carbocycles. The molecule has 2 aromatic rings. The number of carbonyl (C=O) groups is 3. The molecule has 0 aromatic heterocycles. The number of unbranched alkanes of at least 4 members (excludes halogenated alkanes) is 2. The topological polar surface area (TPSA) is 93.6 Å². The van der Waals surface area contributed by atoms with Gasteiger partial charge in [0, 0.05) is 61.6 Å². The molecule has 3 unspecified atom stereocenters. The first-order valence-electron chi connectivity index (χ1n) is 18.2. The van der Waals surface area contributed by atoms with Gasteiger partial charge in [-0.05, 0) is 101 Å². The summed E-state index contributed by atoms with van der Waals surface area (Å²) < 4.78 is 4.88. The van der Waals surface area contributed by atoms with E-state index in [1.165, 1.54) is 0 Å². The van der Waals surface area contributed by atoms with Gasteiger partial charge < -0.3 is 29.4 Å². The van der Waals surface area contributed by atoms with Gasteiger partial charge in [-0.15, -0.1) is 24.9 Å². The van der Waals surface area contributed by atoms with Crippen LogP contribution < -0.4 is 19.4 Å². The average molecular weight is 703 g/mol. The van der Waals surface area contributed by atoms with Crippen LogP contribution in [0.15, 0.2) is 73.8 Å². The molecular formula is C40H54N4O5S. The van der Waals surface area contributed by atoms with Crippen molar-refractivity contribution in [2.45, 2.75) is 69.4 Å². The number of fused-ring (bicyclic) bond motifs is 1. The zero-order chi connectivity index (χ0) is 36.0. The van der Waals surface area contributed by atoms with Gasteiger partial charge >= 0.3 is 0 Å². The largest absolute Gasteiger partial charge is 0.494 e. The van der Waals surface area contributed by atoms with Crippen LogP contribution in [0.2, 0.25) is 0 Å². The molecule has 0 saturated carbocycles. The highest BCUT2D eigenvalue weighted by Crippen LogP contribution is 2.69. The number of benzene rings is 2. The average Bonchev–Trinajstić information content (AvgIpc) is 3.72. The van der Waals surface area contributed by atoms with Gasteiger partial charge in [-0.3, -0.25) is 14.4 Å². The summed E-state index contributed by atoms with van der Waals surface area (Å²) in [5.74, 6) is -0.807. The number of amides is 3.